The number of ether oxygens (including phenoxy) is 2. The zero-order valence-electron chi connectivity index (χ0n) is 20.5. The first kappa shape index (κ1) is 25.0. The zero-order valence-corrected chi connectivity index (χ0v) is 22.0. The van der Waals surface area contributed by atoms with Gasteiger partial charge in [-0.2, -0.15) is 5.10 Å². The molecule has 1 aliphatic rings. The van der Waals surface area contributed by atoms with Gasteiger partial charge in [-0.15, -0.1) is 0 Å². The summed E-state index contributed by atoms with van der Waals surface area (Å²) >= 11 is 12.9. The maximum atomic E-state index is 13.7. The van der Waals surface area contributed by atoms with Gasteiger partial charge in [0.1, 0.15) is 17.1 Å². The lowest BCUT2D eigenvalue weighted by molar-refractivity contribution is 0.0730. The summed E-state index contributed by atoms with van der Waals surface area (Å²) in [5.41, 5.74) is 4.19. The van der Waals surface area contributed by atoms with Crippen molar-refractivity contribution in [1.82, 2.24) is 15.1 Å². The molecule has 0 radical (unpaired) electrons. The first-order valence-corrected chi connectivity index (χ1v) is 12.5. The molecule has 1 aliphatic heterocycles. The number of nitrogens with zero attached hydrogens (tertiary/aromatic N) is 2. The lowest BCUT2D eigenvalue weighted by Gasteiger charge is -2.27. The molecule has 0 spiro atoms. The van der Waals surface area contributed by atoms with Gasteiger partial charge < -0.3 is 19.5 Å². The number of hydrogen-bond donors (Lipinski definition) is 2. The third-order valence-electron chi connectivity index (χ3n) is 6.50. The van der Waals surface area contributed by atoms with Crippen LogP contribution in [0.25, 0.3) is 11.3 Å². The number of benzene rings is 3. The maximum Gasteiger partial charge on any atom is 0.273 e. The molecule has 2 heterocycles. The summed E-state index contributed by atoms with van der Waals surface area (Å²) < 4.78 is 11.3. The number of aryl methyl sites for hydroxylation is 1. The molecule has 0 fully saturated rings. The smallest absolute Gasteiger partial charge is 0.273 e. The summed E-state index contributed by atoms with van der Waals surface area (Å²) in [7, 11) is 1.57. The molecule has 5 rings (SSSR count). The normalized spacial score (nSPS) is 14.7. The summed E-state index contributed by atoms with van der Waals surface area (Å²) in [5, 5.41) is 19.2. The highest BCUT2D eigenvalue weighted by Crippen LogP contribution is 2.47. The summed E-state index contributed by atoms with van der Waals surface area (Å²) in [6, 6.07) is 15.7. The maximum absolute atomic E-state index is 13.7. The first-order valence-electron chi connectivity index (χ1n) is 11.8. The van der Waals surface area contributed by atoms with E-state index in [1.165, 1.54) is 0 Å². The van der Waals surface area contributed by atoms with E-state index < -0.39 is 6.04 Å². The topological polar surface area (TPSA) is 87.7 Å². The molecular formula is C28H25Cl2N3O4. The van der Waals surface area contributed by atoms with Gasteiger partial charge in [-0.3, -0.25) is 9.89 Å². The minimum absolute atomic E-state index is 0.0243. The van der Waals surface area contributed by atoms with Gasteiger partial charge in [-0.05, 0) is 60.9 Å². The molecule has 0 saturated heterocycles. The summed E-state index contributed by atoms with van der Waals surface area (Å²) in [6.45, 7) is 4.46. The number of methoxy groups -OCH3 is 1. The molecule has 0 aliphatic carbocycles. The number of phenolic OH excluding ortho intramolecular Hbond substituents is 1. The number of carbonyl (C=O) groups is 1. The van der Waals surface area contributed by atoms with Crippen molar-refractivity contribution in [2.24, 2.45) is 0 Å². The molecule has 7 nitrogen and oxygen atoms in total. The number of carbonyl (C=O) groups excluding carboxylic acids is 1. The second-order valence-electron chi connectivity index (χ2n) is 8.75. The van der Waals surface area contributed by atoms with Crippen molar-refractivity contribution in [3.8, 4) is 28.5 Å². The largest absolute Gasteiger partial charge is 0.507 e. The number of aromatic amines is 1. The van der Waals surface area contributed by atoms with Crippen molar-refractivity contribution >= 4 is 29.1 Å². The van der Waals surface area contributed by atoms with Crippen molar-refractivity contribution in [1.29, 1.82) is 0 Å². The molecule has 37 heavy (non-hydrogen) atoms. The van der Waals surface area contributed by atoms with Crippen LogP contribution in [-0.4, -0.2) is 39.8 Å². The molecule has 2 N–H and O–H groups in total. The molecule has 4 aromatic rings. The number of halogens is 2. The standard InChI is InChI=1S/C28H25Cl2N3O4/c1-4-37-22-10-9-16(12-23(22)36-3)27-24-25(18-13-20(30)15(2)11-21(18)34)31-32-26(24)28(35)33(27)14-17-7-5-6-8-19(17)29/h5-13,27,34H,4,14H2,1-3H3,(H,31,32). The van der Waals surface area contributed by atoms with Crippen molar-refractivity contribution in [2.75, 3.05) is 13.7 Å². The number of rotatable bonds is 7. The summed E-state index contributed by atoms with van der Waals surface area (Å²) in [5.74, 6) is 0.941. The number of aromatic hydroxyl groups is 1. The van der Waals surface area contributed by atoms with Crippen molar-refractivity contribution in [3.63, 3.8) is 0 Å². The fourth-order valence-electron chi connectivity index (χ4n) is 4.71. The van der Waals surface area contributed by atoms with Crippen LogP contribution in [0.4, 0.5) is 0 Å². The Kier molecular flexibility index (Phi) is 6.75. The quantitative estimate of drug-likeness (QED) is 0.279. The number of aromatic nitrogens is 2. The molecule has 190 valence electrons. The van der Waals surface area contributed by atoms with Crippen LogP contribution in [0.5, 0.6) is 17.2 Å². The first-order chi connectivity index (χ1) is 17.8. The molecule has 0 saturated carbocycles. The van der Waals surface area contributed by atoms with E-state index in [4.69, 9.17) is 32.7 Å². The van der Waals surface area contributed by atoms with Crippen molar-refractivity contribution in [3.05, 3.63) is 92.6 Å². The highest BCUT2D eigenvalue weighted by molar-refractivity contribution is 6.32. The van der Waals surface area contributed by atoms with Crippen LogP contribution in [0, 0.1) is 6.92 Å². The molecule has 1 amide bonds. The number of H-pyrrole nitrogens is 1. The van der Waals surface area contributed by atoms with Crippen LogP contribution >= 0.6 is 23.2 Å². The minimum atomic E-state index is -0.545. The third kappa shape index (κ3) is 4.38. The fraction of sp³-hybridized carbons (Fsp3) is 0.214. The predicted octanol–water partition coefficient (Wildman–Crippen LogP) is 6.55. The van der Waals surface area contributed by atoms with E-state index in [2.05, 4.69) is 10.2 Å². The SMILES string of the molecule is CCOc1ccc(C2c3c(-c4cc(Cl)c(C)cc4O)n[nH]c3C(=O)N2Cc2ccccc2Cl)cc1OC. The van der Waals surface area contributed by atoms with Crippen molar-refractivity contribution in [2.45, 2.75) is 26.4 Å². The van der Waals surface area contributed by atoms with E-state index in [1.54, 1.807) is 30.2 Å². The van der Waals surface area contributed by atoms with Gasteiger partial charge in [0.25, 0.3) is 5.91 Å². The molecule has 1 aromatic heterocycles. The monoisotopic (exact) mass is 537 g/mol. The molecule has 1 atom stereocenters. The van der Waals surface area contributed by atoms with Gasteiger partial charge in [0.05, 0.1) is 19.8 Å². The van der Waals surface area contributed by atoms with Gasteiger partial charge in [0.15, 0.2) is 11.5 Å². The van der Waals surface area contributed by atoms with Gasteiger partial charge in [-0.25, -0.2) is 0 Å². The second-order valence-corrected chi connectivity index (χ2v) is 9.56. The van der Waals surface area contributed by atoms with E-state index >= 15 is 0 Å². The number of nitrogens with one attached hydrogen (secondary N) is 1. The van der Waals surface area contributed by atoms with Crippen LogP contribution in [0.3, 0.4) is 0 Å². The number of amides is 1. The van der Waals surface area contributed by atoms with Gasteiger partial charge in [0, 0.05) is 27.7 Å². The molecular weight excluding hydrogens is 513 g/mol. The number of hydrogen-bond acceptors (Lipinski definition) is 5. The highest BCUT2D eigenvalue weighted by Gasteiger charge is 2.43. The Morgan fingerprint density at radius 1 is 1.08 bits per heavy atom. The summed E-state index contributed by atoms with van der Waals surface area (Å²) in [6.07, 6.45) is 0. The van der Waals surface area contributed by atoms with E-state index in [1.807, 2.05) is 50.2 Å². The van der Waals surface area contributed by atoms with Crippen LogP contribution in [0.1, 0.15) is 45.7 Å². The van der Waals surface area contributed by atoms with Crippen LogP contribution < -0.4 is 9.47 Å². The number of phenols is 1. The lowest BCUT2D eigenvalue weighted by Crippen LogP contribution is -2.29. The molecule has 3 aromatic carbocycles. The summed E-state index contributed by atoms with van der Waals surface area (Å²) in [4.78, 5) is 15.5. The van der Waals surface area contributed by atoms with Gasteiger partial charge in [-0.1, -0.05) is 47.5 Å². The predicted molar refractivity (Wildman–Crippen MR) is 143 cm³/mol. The van der Waals surface area contributed by atoms with E-state index in [0.29, 0.717) is 50.7 Å². The Morgan fingerprint density at radius 3 is 2.59 bits per heavy atom. The van der Waals surface area contributed by atoms with E-state index in [-0.39, 0.29) is 18.2 Å². The Morgan fingerprint density at radius 2 is 1.86 bits per heavy atom. The van der Waals surface area contributed by atoms with E-state index in [9.17, 15) is 9.90 Å². The Hall–Kier alpha value is -3.68. The molecule has 9 heteroatoms. The van der Waals surface area contributed by atoms with Crippen LogP contribution in [0.2, 0.25) is 10.0 Å². The highest BCUT2D eigenvalue weighted by atomic mass is 35.5. The lowest BCUT2D eigenvalue weighted by atomic mass is 9.94. The zero-order chi connectivity index (χ0) is 26.3. The fourth-order valence-corrected chi connectivity index (χ4v) is 5.07. The minimum Gasteiger partial charge on any atom is -0.507 e. The Labute approximate surface area is 224 Å². The molecule has 1 unspecified atom stereocenters. The van der Waals surface area contributed by atoms with Crippen molar-refractivity contribution < 1.29 is 19.4 Å². The van der Waals surface area contributed by atoms with Crippen LogP contribution in [0.15, 0.2) is 54.6 Å². The second kappa shape index (κ2) is 10.00. The average Bonchev–Trinajstić information content (AvgIpc) is 3.42. The van der Waals surface area contributed by atoms with Gasteiger partial charge >= 0.3 is 0 Å². The average molecular weight is 538 g/mol. The Balaban J connectivity index is 1.70. The third-order valence-corrected chi connectivity index (χ3v) is 7.27. The van der Waals surface area contributed by atoms with E-state index in [0.717, 1.165) is 16.7 Å². The molecule has 0 bridgehead atoms. The van der Waals surface area contributed by atoms with Crippen LogP contribution in [-0.2, 0) is 6.54 Å². The van der Waals surface area contributed by atoms with Gasteiger partial charge in [0.2, 0.25) is 0 Å². The Bertz CT molecular complexity index is 1500. The number of fused-ring (bicyclic) bond motifs is 1.